The fourth-order valence-corrected chi connectivity index (χ4v) is 6.04. The van der Waals surface area contributed by atoms with E-state index in [1.165, 1.54) is 45.2 Å². The number of hydrogen-bond acceptors (Lipinski definition) is 4. The third-order valence-electron chi connectivity index (χ3n) is 6.38. The van der Waals surface area contributed by atoms with Gasteiger partial charge in [-0.15, -0.1) is 0 Å². The molecule has 1 saturated carbocycles. The molecule has 3 aliphatic rings. The summed E-state index contributed by atoms with van der Waals surface area (Å²) in [6, 6.07) is 0. The number of nitrogens with zero attached hydrogens (tertiary/aromatic N) is 4. The Balaban J connectivity index is 1.44. The minimum Gasteiger partial charge on any atom is -0.339 e. The van der Waals surface area contributed by atoms with Gasteiger partial charge in [-0.3, -0.25) is 4.90 Å². The summed E-state index contributed by atoms with van der Waals surface area (Å²) in [5.41, 5.74) is 0.256. The topological polar surface area (TPSA) is 58.4 Å². The zero-order valence-electron chi connectivity index (χ0n) is 14.5. The van der Waals surface area contributed by atoms with Crippen molar-refractivity contribution in [3.63, 3.8) is 0 Å². The second kappa shape index (κ2) is 6.11. The van der Waals surface area contributed by atoms with Crippen molar-refractivity contribution in [2.75, 3.05) is 26.2 Å². The van der Waals surface area contributed by atoms with Crippen LogP contribution in [0.15, 0.2) is 17.6 Å². The predicted octanol–water partition coefficient (Wildman–Crippen LogP) is 1.84. The van der Waals surface area contributed by atoms with Gasteiger partial charge in [0.25, 0.3) is 10.0 Å². The second-order valence-electron chi connectivity index (χ2n) is 7.85. The summed E-state index contributed by atoms with van der Waals surface area (Å²) in [6.45, 7) is 3.68. The zero-order valence-corrected chi connectivity index (χ0v) is 15.3. The molecule has 6 nitrogen and oxygen atoms in total. The highest BCUT2D eigenvalue weighted by Crippen LogP contribution is 2.41. The molecule has 0 unspecified atom stereocenters. The van der Waals surface area contributed by atoms with Crippen molar-refractivity contribution in [1.82, 2.24) is 18.8 Å². The van der Waals surface area contributed by atoms with Crippen LogP contribution in [0, 0.1) is 5.92 Å². The first-order valence-electron chi connectivity index (χ1n) is 9.23. The van der Waals surface area contributed by atoms with Gasteiger partial charge in [-0.05, 0) is 51.0 Å². The summed E-state index contributed by atoms with van der Waals surface area (Å²) >= 11 is 0. The highest BCUT2D eigenvalue weighted by Gasteiger charge is 2.46. The summed E-state index contributed by atoms with van der Waals surface area (Å²) in [7, 11) is -1.64. The van der Waals surface area contributed by atoms with Crippen molar-refractivity contribution >= 4 is 10.0 Å². The quantitative estimate of drug-likeness (QED) is 0.830. The molecule has 0 amide bonds. The molecule has 2 aliphatic heterocycles. The number of hydrogen-bond donors (Lipinski definition) is 0. The lowest BCUT2D eigenvalue weighted by Crippen LogP contribution is -2.54. The van der Waals surface area contributed by atoms with E-state index in [4.69, 9.17) is 0 Å². The largest absolute Gasteiger partial charge is 0.339 e. The van der Waals surface area contributed by atoms with E-state index in [0.29, 0.717) is 13.1 Å². The third-order valence-corrected chi connectivity index (χ3v) is 8.17. The highest BCUT2D eigenvalue weighted by molar-refractivity contribution is 7.89. The van der Waals surface area contributed by atoms with E-state index in [2.05, 4.69) is 9.88 Å². The molecule has 4 rings (SSSR count). The van der Waals surface area contributed by atoms with E-state index in [1.807, 2.05) is 0 Å². The fraction of sp³-hybridized carbons (Fsp3) is 0.824. The van der Waals surface area contributed by atoms with Crippen molar-refractivity contribution in [3.05, 3.63) is 12.5 Å². The third kappa shape index (κ3) is 2.80. The van der Waals surface area contributed by atoms with E-state index < -0.39 is 10.0 Å². The van der Waals surface area contributed by atoms with Gasteiger partial charge in [-0.2, -0.15) is 4.31 Å². The highest BCUT2D eigenvalue weighted by atomic mass is 32.2. The minimum absolute atomic E-state index is 0.179. The van der Waals surface area contributed by atoms with Gasteiger partial charge in [0.2, 0.25) is 0 Å². The second-order valence-corrected chi connectivity index (χ2v) is 9.74. The van der Waals surface area contributed by atoms with Crippen LogP contribution in [-0.2, 0) is 17.1 Å². The maximum Gasteiger partial charge on any atom is 0.262 e. The van der Waals surface area contributed by atoms with Gasteiger partial charge in [-0.1, -0.05) is 6.42 Å². The van der Waals surface area contributed by atoms with Crippen molar-refractivity contribution in [1.29, 1.82) is 0 Å². The number of piperidine rings is 1. The molecule has 1 aromatic heterocycles. The fourth-order valence-electron chi connectivity index (χ4n) is 4.63. The van der Waals surface area contributed by atoms with Gasteiger partial charge >= 0.3 is 0 Å². The van der Waals surface area contributed by atoms with Gasteiger partial charge in [0.1, 0.15) is 0 Å². The first-order valence-corrected chi connectivity index (χ1v) is 10.7. The standard InChI is InChI=1S/C17H28N4O2S/c1-19-13-16(18-14-19)24(22,23)21-10-7-17(8-11-21)6-3-9-20(17)12-15-4-2-5-15/h13-15H,2-12H2,1H3. The molecule has 0 aromatic carbocycles. The average Bonchev–Trinajstić information content (AvgIpc) is 3.11. The normalized spacial score (nSPS) is 26.0. The number of sulfonamides is 1. The maximum absolute atomic E-state index is 12.8. The number of likely N-dealkylation sites (tertiary alicyclic amines) is 1. The molecule has 0 radical (unpaired) electrons. The molecule has 1 spiro atoms. The van der Waals surface area contributed by atoms with Crippen LogP contribution in [0.3, 0.4) is 0 Å². The van der Waals surface area contributed by atoms with Crippen molar-refractivity contribution < 1.29 is 8.42 Å². The molecule has 1 aromatic rings. The predicted molar refractivity (Wildman–Crippen MR) is 92.1 cm³/mol. The Kier molecular flexibility index (Phi) is 4.21. The number of imidazole rings is 1. The molecule has 7 heteroatoms. The first kappa shape index (κ1) is 16.5. The molecular formula is C17H28N4O2S. The van der Waals surface area contributed by atoms with E-state index in [0.717, 1.165) is 18.8 Å². The molecular weight excluding hydrogens is 324 g/mol. The smallest absolute Gasteiger partial charge is 0.262 e. The summed E-state index contributed by atoms with van der Waals surface area (Å²) in [5.74, 6) is 0.884. The van der Waals surface area contributed by atoms with Crippen molar-refractivity contribution in [2.45, 2.75) is 55.5 Å². The molecule has 1 aliphatic carbocycles. The Labute approximate surface area is 144 Å². The van der Waals surface area contributed by atoms with Crippen LogP contribution < -0.4 is 0 Å². The van der Waals surface area contributed by atoms with Gasteiger partial charge in [0.15, 0.2) is 5.03 Å². The lowest BCUT2D eigenvalue weighted by atomic mass is 9.81. The molecule has 0 atom stereocenters. The van der Waals surface area contributed by atoms with Crippen LogP contribution in [0.25, 0.3) is 0 Å². The summed E-state index contributed by atoms with van der Waals surface area (Å²) in [4.78, 5) is 6.74. The molecule has 3 heterocycles. The Bertz CT molecular complexity index is 687. The Morgan fingerprint density at radius 3 is 2.50 bits per heavy atom. The molecule has 3 fully saturated rings. The van der Waals surface area contributed by atoms with E-state index in [-0.39, 0.29) is 10.6 Å². The molecule has 134 valence electrons. The van der Waals surface area contributed by atoms with Crippen LogP contribution >= 0.6 is 0 Å². The van der Waals surface area contributed by atoms with Gasteiger partial charge in [0, 0.05) is 38.4 Å². The SMILES string of the molecule is Cn1cnc(S(=O)(=O)N2CCC3(CCCN3CC3CCC3)CC2)c1. The number of aromatic nitrogens is 2. The summed E-state index contributed by atoms with van der Waals surface area (Å²) in [5, 5.41) is 0.179. The summed E-state index contributed by atoms with van der Waals surface area (Å²) < 4.78 is 28.8. The van der Waals surface area contributed by atoms with Crippen molar-refractivity contribution in [2.24, 2.45) is 13.0 Å². The van der Waals surface area contributed by atoms with E-state index in [1.54, 1.807) is 28.4 Å². The monoisotopic (exact) mass is 352 g/mol. The van der Waals surface area contributed by atoms with Crippen LogP contribution in [0.4, 0.5) is 0 Å². The molecule has 2 saturated heterocycles. The maximum atomic E-state index is 12.8. The van der Waals surface area contributed by atoms with Crippen LogP contribution in [-0.4, -0.2) is 58.9 Å². The Morgan fingerprint density at radius 1 is 1.17 bits per heavy atom. The first-order chi connectivity index (χ1) is 11.5. The zero-order chi connectivity index (χ0) is 16.8. The average molecular weight is 353 g/mol. The minimum atomic E-state index is -3.44. The van der Waals surface area contributed by atoms with Crippen LogP contribution in [0.2, 0.25) is 0 Å². The molecule has 0 N–H and O–H groups in total. The Hall–Kier alpha value is -0.920. The Morgan fingerprint density at radius 2 is 1.92 bits per heavy atom. The van der Waals surface area contributed by atoms with E-state index >= 15 is 0 Å². The lowest BCUT2D eigenvalue weighted by Gasteiger charge is -2.46. The summed E-state index contributed by atoms with van der Waals surface area (Å²) in [6.07, 6.45) is 11.7. The lowest BCUT2D eigenvalue weighted by molar-refractivity contribution is 0.0514. The van der Waals surface area contributed by atoms with Crippen LogP contribution in [0.5, 0.6) is 0 Å². The van der Waals surface area contributed by atoms with Crippen molar-refractivity contribution in [3.8, 4) is 0 Å². The molecule has 0 bridgehead atoms. The number of aryl methyl sites for hydroxylation is 1. The molecule has 24 heavy (non-hydrogen) atoms. The van der Waals surface area contributed by atoms with Gasteiger partial charge in [0.05, 0.1) is 6.33 Å². The van der Waals surface area contributed by atoms with Gasteiger partial charge in [-0.25, -0.2) is 13.4 Å². The van der Waals surface area contributed by atoms with E-state index in [9.17, 15) is 8.42 Å². The number of rotatable bonds is 4. The van der Waals surface area contributed by atoms with Crippen LogP contribution in [0.1, 0.15) is 44.9 Å². The van der Waals surface area contributed by atoms with Gasteiger partial charge < -0.3 is 4.57 Å².